The van der Waals surface area contributed by atoms with E-state index in [2.05, 4.69) is 10.0 Å². The lowest BCUT2D eigenvalue weighted by Gasteiger charge is -2.13. The minimum atomic E-state index is -3.71. The fourth-order valence-electron chi connectivity index (χ4n) is 3.34. The average Bonchev–Trinajstić information content (AvgIpc) is 3.20. The number of aryl methyl sites for hydroxylation is 2. The number of carbonyl (C=O) groups excluding carboxylic acids is 1. The highest BCUT2D eigenvalue weighted by Crippen LogP contribution is 2.29. The first kappa shape index (κ1) is 21.7. The first-order valence-electron chi connectivity index (χ1n) is 9.95. The Kier molecular flexibility index (Phi) is 7.24. The van der Waals surface area contributed by atoms with E-state index in [0.717, 1.165) is 22.1 Å². The van der Waals surface area contributed by atoms with Gasteiger partial charge in [0.25, 0.3) is 15.9 Å². The Labute approximate surface area is 177 Å². The summed E-state index contributed by atoms with van der Waals surface area (Å²) in [5.41, 5.74) is 2.61. The van der Waals surface area contributed by atoms with Gasteiger partial charge < -0.3 is 5.32 Å². The van der Waals surface area contributed by atoms with Gasteiger partial charge in [-0.2, -0.15) is 11.8 Å². The van der Waals surface area contributed by atoms with Crippen LogP contribution in [0.3, 0.4) is 0 Å². The number of hydrogen-bond donors (Lipinski definition) is 2. The monoisotopic (exact) mass is 432 g/mol. The van der Waals surface area contributed by atoms with Gasteiger partial charge in [-0.25, -0.2) is 8.42 Å². The van der Waals surface area contributed by atoms with Crippen molar-refractivity contribution in [2.24, 2.45) is 0 Å². The summed E-state index contributed by atoms with van der Waals surface area (Å²) in [6.07, 6.45) is 5.19. The molecule has 1 amide bonds. The van der Waals surface area contributed by atoms with Crippen LogP contribution in [0.5, 0.6) is 0 Å². The van der Waals surface area contributed by atoms with Gasteiger partial charge in [0.2, 0.25) is 0 Å². The van der Waals surface area contributed by atoms with E-state index in [9.17, 15) is 13.2 Å². The molecule has 0 unspecified atom stereocenters. The Hall–Kier alpha value is -1.99. The lowest BCUT2D eigenvalue weighted by molar-refractivity contribution is 0.0956. The third-order valence-corrected chi connectivity index (χ3v) is 7.88. The van der Waals surface area contributed by atoms with Crippen molar-refractivity contribution in [3.05, 3.63) is 59.2 Å². The lowest BCUT2D eigenvalue weighted by Crippen LogP contribution is -2.26. The number of anilines is 1. The van der Waals surface area contributed by atoms with Crippen molar-refractivity contribution in [1.29, 1.82) is 0 Å². The normalized spacial score (nSPS) is 14.7. The maximum atomic E-state index is 12.7. The highest BCUT2D eigenvalue weighted by molar-refractivity contribution is 7.99. The molecule has 156 valence electrons. The maximum Gasteiger partial charge on any atom is 0.261 e. The van der Waals surface area contributed by atoms with Crippen LogP contribution < -0.4 is 10.0 Å². The number of thioether (sulfide) groups is 1. The summed E-state index contributed by atoms with van der Waals surface area (Å²) >= 11 is 1.93. The van der Waals surface area contributed by atoms with Gasteiger partial charge in [0.05, 0.1) is 10.6 Å². The number of rotatable bonds is 8. The Morgan fingerprint density at radius 2 is 1.76 bits per heavy atom. The summed E-state index contributed by atoms with van der Waals surface area (Å²) in [5.74, 6) is 0.711. The van der Waals surface area contributed by atoms with E-state index in [1.807, 2.05) is 25.6 Å². The zero-order valence-electron chi connectivity index (χ0n) is 16.9. The topological polar surface area (TPSA) is 75.3 Å². The second-order valence-corrected chi connectivity index (χ2v) is 10.6. The molecule has 0 heterocycles. The van der Waals surface area contributed by atoms with Crippen molar-refractivity contribution in [3.63, 3.8) is 0 Å². The van der Waals surface area contributed by atoms with Crippen LogP contribution in [0.25, 0.3) is 0 Å². The summed E-state index contributed by atoms with van der Waals surface area (Å²) in [5, 5.41) is 3.66. The second kappa shape index (κ2) is 9.67. The van der Waals surface area contributed by atoms with Crippen LogP contribution >= 0.6 is 11.8 Å². The molecule has 2 N–H and O–H groups in total. The lowest BCUT2D eigenvalue weighted by atomic mass is 10.1. The number of carbonyl (C=O) groups is 1. The molecule has 29 heavy (non-hydrogen) atoms. The molecule has 7 heteroatoms. The van der Waals surface area contributed by atoms with Crippen LogP contribution in [0.4, 0.5) is 5.69 Å². The first-order chi connectivity index (χ1) is 13.8. The van der Waals surface area contributed by atoms with Crippen LogP contribution in [0.1, 0.15) is 47.2 Å². The van der Waals surface area contributed by atoms with Gasteiger partial charge in [0.15, 0.2) is 0 Å². The minimum Gasteiger partial charge on any atom is -0.351 e. The predicted octanol–water partition coefficient (Wildman–Crippen LogP) is 4.51. The molecule has 0 spiro atoms. The smallest absolute Gasteiger partial charge is 0.261 e. The van der Waals surface area contributed by atoms with Crippen LogP contribution in [-0.4, -0.2) is 31.9 Å². The Morgan fingerprint density at radius 1 is 1.07 bits per heavy atom. The SMILES string of the molecule is Cc1ccc(S(=O)(=O)Nc2cc(C(=O)NCCSC3CCCC3)ccc2C)cc1. The van der Waals surface area contributed by atoms with Crippen LogP contribution in [0, 0.1) is 13.8 Å². The molecule has 0 aromatic heterocycles. The zero-order valence-corrected chi connectivity index (χ0v) is 18.5. The third-order valence-electron chi connectivity index (χ3n) is 5.12. The molecule has 1 fully saturated rings. The van der Waals surface area contributed by atoms with E-state index < -0.39 is 10.0 Å². The van der Waals surface area contributed by atoms with Crippen molar-refractivity contribution >= 4 is 33.4 Å². The first-order valence-corrected chi connectivity index (χ1v) is 12.5. The molecule has 2 aromatic rings. The van der Waals surface area contributed by atoms with Crippen molar-refractivity contribution in [3.8, 4) is 0 Å². The van der Waals surface area contributed by atoms with Crippen LogP contribution in [-0.2, 0) is 10.0 Å². The Bertz CT molecular complexity index is 951. The van der Waals surface area contributed by atoms with E-state index >= 15 is 0 Å². The maximum absolute atomic E-state index is 12.7. The Morgan fingerprint density at radius 3 is 2.45 bits per heavy atom. The standard InChI is InChI=1S/C22H28N2O3S2/c1-16-7-11-20(12-8-16)29(26,27)24-21-15-18(10-9-17(21)2)22(25)23-13-14-28-19-5-3-4-6-19/h7-12,15,19,24H,3-6,13-14H2,1-2H3,(H,23,25). The number of amides is 1. The minimum absolute atomic E-state index is 0.187. The molecule has 3 rings (SSSR count). The number of benzene rings is 2. The summed E-state index contributed by atoms with van der Waals surface area (Å²) < 4.78 is 27.9. The van der Waals surface area contributed by atoms with Crippen molar-refractivity contribution in [1.82, 2.24) is 5.32 Å². The van der Waals surface area contributed by atoms with E-state index in [-0.39, 0.29) is 10.8 Å². The van der Waals surface area contributed by atoms with Gasteiger partial charge in [-0.15, -0.1) is 0 Å². The molecular formula is C22H28N2O3S2. The van der Waals surface area contributed by atoms with Gasteiger partial charge >= 0.3 is 0 Å². The number of nitrogens with one attached hydrogen (secondary N) is 2. The average molecular weight is 433 g/mol. The molecule has 2 aromatic carbocycles. The molecule has 0 atom stereocenters. The predicted molar refractivity (Wildman–Crippen MR) is 120 cm³/mol. The molecular weight excluding hydrogens is 404 g/mol. The quantitative estimate of drug-likeness (QED) is 0.602. The Balaban J connectivity index is 1.62. The number of hydrogen-bond acceptors (Lipinski definition) is 4. The summed E-state index contributed by atoms with van der Waals surface area (Å²) in [6.45, 7) is 4.33. The zero-order chi connectivity index (χ0) is 20.9. The van der Waals surface area contributed by atoms with Crippen molar-refractivity contribution in [2.75, 3.05) is 17.0 Å². The molecule has 0 saturated heterocycles. The van der Waals surface area contributed by atoms with Crippen molar-refractivity contribution < 1.29 is 13.2 Å². The van der Waals surface area contributed by atoms with Gasteiger partial charge in [-0.1, -0.05) is 36.6 Å². The largest absolute Gasteiger partial charge is 0.351 e. The van der Waals surface area contributed by atoms with Gasteiger partial charge in [-0.05, 0) is 56.5 Å². The highest BCUT2D eigenvalue weighted by atomic mass is 32.2. The molecule has 1 saturated carbocycles. The fourth-order valence-corrected chi connectivity index (χ4v) is 5.68. The highest BCUT2D eigenvalue weighted by Gasteiger charge is 2.17. The third kappa shape index (κ3) is 6.00. The summed E-state index contributed by atoms with van der Waals surface area (Å²) in [7, 11) is -3.71. The molecule has 5 nitrogen and oxygen atoms in total. The van der Waals surface area contributed by atoms with E-state index in [1.54, 1.807) is 42.5 Å². The van der Waals surface area contributed by atoms with Gasteiger partial charge in [-0.3, -0.25) is 9.52 Å². The summed E-state index contributed by atoms with van der Waals surface area (Å²) in [4.78, 5) is 12.7. The fraction of sp³-hybridized carbons (Fsp3) is 0.409. The molecule has 0 radical (unpaired) electrons. The number of sulfonamides is 1. The van der Waals surface area contributed by atoms with Gasteiger partial charge in [0.1, 0.15) is 0 Å². The molecule has 1 aliphatic rings. The van der Waals surface area contributed by atoms with Crippen LogP contribution in [0.15, 0.2) is 47.4 Å². The molecule has 0 aliphatic heterocycles. The van der Waals surface area contributed by atoms with Crippen LogP contribution in [0.2, 0.25) is 0 Å². The molecule has 1 aliphatic carbocycles. The van der Waals surface area contributed by atoms with Gasteiger partial charge in [0, 0.05) is 23.1 Å². The van der Waals surface area contributed by atoms with Crippen molar-refractivity contribution in [2.45, 2.75) is 49.7 Å². The van der Waals surface area contributed by atoms with E-state index in [0.29, 0.717) is 17.8 Å². The van der Waals surface area contributed by atoms with E-state index in [1.165, 1.54) is 25.7 Å². The second-order valence-electron chi connectivity index (χ2n) is 7.48. The molecule has 0 bridgehead atoms. The summed E-state index contributed by atoms with van der Waals surface area (Å²) in [6, 6.07) is 11.7. The van der Waals surface area contributed by atoms with E-state index in [4.69, 9.17) is 0 Å².